The molecule has 1 aromatic carbocycles. The van der Waals surface area contributed by atoms with Gasteiger partial charge in [-0.1, -0.05) is 18.0 Å². The minimum atomic E-state index is -1.01. The van der Waals surface area contributed by atoms with Crippen LogP contribution in [0.5, 0.6) is 5.75 Å². The van der Waals surface area contributed by atoms with Crippen LogP contribution < -0.4 is 10.1 Å². The molecular formula is C12H14ClF2NO. The van der Waals surface area contributed by atoms with Crippen LogP contribution in [0.1, 0.15) is 30.9 Å². The lowest BCUT2D eigenvalue weighted by molar-refractivity contribution is 0.358. The molecular weight excluding hydrogens is 248 g/mol. The molecule has 1 fully saturated rings. The molecule has 94 valence electrons. The van der Waals surface area contributed by atoms with Gasteiger partial charge in [-0.2, -0.15) is 4.39 Å². The van der Waals surface area contributed by atoms with E-state index in [-0.39, 0.29) is 22.4 Å². The van der Waals surface area contributed by atoms with E-state index in [0.29, 0.717) is 0 Å². The van der Waals surface area contributed by atoms with Gasteiger partial charge in [0.25, 0.3) is 0 Å². The third-order valence-corrected chi connectivity index (χ3v) is 3.32. The van der Waals surface area contributed by atoms with E-state index in [9.17, 15) is 8.78 Å². The number of halogens is 3. The number of nitrogens with one attached hydrogen (secondary N) is 1. The van der Waals surface area contributed by atoms with Crippen molar-refractivity contribution in [2.24, 2.45) is 0 Å². The summed E-state index contributed by atoms with van der Waals surface area (Å²) in [5, 5.41) is 3.27. The zero-order valence-electron chi connectivity index (χ0n) is 9.53. The van der Waals surface area contributed by atoms with Gasteiger partial charge in [-0.15, -0.1) is 0 Å². The number of hydrogen-bond donors (Lipinski definition) is 1. The number of methoxy groups -OCH3 is 1. The van der Waals surface area contributed by atoms with Gasteiger partial charge in [0.05, 0.1) is 12.1 Å². The monoisotopic (exact) mass is 261 g/mol. The van der Waals surface area contributed by atoms with Crippen LogP contribution in [0.15, 0.2) is 6.07 Å². The minimum absolute atomic E-state index is 0.105. The van der Waals surface area contributed by atoms with Gasteiger partial charge in [0.2, 0.25) is 5.82 Å². The Morgan fingerprint density at radius 2 is 2.12 bits per heavy atom. The van der Waals surface area contributed by atoms with E-state index in [2.05, 4.69) is 5.32 Å². The fourth-order valence-corrected chi connectivity index (χ4v) is 2.43. The smallest absolute Gasteiger partial charge is 0.202 e. The summed E-state index contributed by atoms with van der Waals surface area (Å²) in [4.78, 5) is 0. The third-order valence-electron chi connectivity index (χ3n) is 3.03. The van der Waals surface area contributed by atoms with Gasteiger partial charge < -0.3 is 10.1 Å². The van der Waals surface area contributed by atoms with Crippen molar-refractivity contribution in [1.82, 2.24) is 5.32 Å². The van der Waals surface area contributed by atoms with E-state index in [0.717, 1.165) is 25.8 Å². The van der Waals surface area contributed by atoms with Gasteiger partial charge in [0, 0.05) is 11.6 Å². The van der Waals surface area contributed by atoms with E-state index in [1.165, 1.54) is 13.2 Å². The first-order chi connectivity index (χ1) is 8.15. The van der Waals surface area contributed by atoms with Crippen molar-refractivity contribution >= 4 is 11.6 Å². The molecule has 0 saturated carbocycles. The van der Waals surface area contributed by atoms with Crippen LogP contribution in [0, 0.1) is 11.6 Å². The number of ether oxygens (including phenoxy) is 1. The summed E-state index contributed by atoms with van der Waals surface area (Å²) < 4.78 is 32.3. The van der Waals surface area contributed by atoms with Crippen molar-refractivity contribution < 1.29 is 13.5 Å². The summed E-state index contributed by atoms with van der Waals surface area (Å²) in [5.41, 5.74) is 0.285. The van der Waals surface area contributed by atoms with Gasteiger partial charge >= 0.3 is 0 Å². The maximum absolute atomic E-state index is 13.9. The molecule has 1 heterocycles. The normalized spacial score (nSPS) is 20.4. The number of rotatable bonds is 2. The first-order valence-electron chi connectivity index (χ1n) is 5.60. The predicted molar refractivity (Wildman–Crippen MR) is 62.5 cm³/mol. The molecule has 2 rings (SSSR count). The molecule has 2 nitrogen and oxygen atoms in total. The number of benzene rings is 1. The summed E-state index contributed by atoms with van der Waals surface area (Å²) >= 11 is 5.87. The van der Waals surface area contributed by atoms with E-state index < -0.39 is 11.6 Å². The lowest BCUT2D eigenvalue weighted by Gasteiger charge is -2.24. The van der Waals surface area contributed by atoms with Crippen molar-refractivity contribution in [2.75, 3.05) is 13.7 Å². The molecule has 1 aliphatic heterocycles. The summed E-state index contributed by atoms with van der Waals surface area (Å²) in [5.74, 6) is -2.11. The maximum Gasteiger partial charge on any atom is 0.202 e. The van der Waals surface area contributed by atoms with Gasteiger partial charge in [-0.3, -0.25) is 0 Å². The molecule has 0 aliphatic carbocycles. The zero-order valence-corrected chi connectivity index (χ0v) is 10.3. The van der Waals surface area contributed by atoms with Gasteiger partial charge in [-0.05, 0) is 25.5 Å². The summed E-state index contributed by atoms with van der Waals surface area (Å²) in [7, 11) is 1.27. The van der Waals surface area contributed by atoms with Crippen molar-refractivity contribution in [2.45, 2.75) is 25.3 Å². The molecule has 1 aliphatic rings. The topological polar surface area (TPSA) is 21.3 Å². The van der Waals surface area contributed by atoms with E-state index in [1.807, 2.05) is 0 Å². The second-order valence-electron chi connectivity index (χ2n) is 4.11. The van der Waals surface area contributed by atoms with Gasteiger partial charge in [0.15, 0.2) is 11.6 Å². The first-order valence-corrected chi connectivity index (χ1v) is 5.97. The average molecular weight is 262 g/mol. The van der Waals surface area contributed by atoms with Crippen LogP contribution in [0.3, 0.4) is 0 Å². The Bertz CT molecular complexity index is 419. The van der Waals surface area contributed by atoms with Gasteiger partial charge in [-0.25, -0.2) is 4.39 Å². The van der Waals surface area contributed by atoms with Crippen LogP contribution in [0.25, 0.3) is 0 Å². The molecule has 0 amide bonds. The zero-order chi connectivity index (χ0) is 12.4. The maximum atomic E-state index is 13.9. The lowest BCUT2D eigenvalue weighted by atomic mass is 9.97. The molecule has 0 spiro atoms. The first kappa shape index (κ1) is 12.6. The average Bonchev–Trinajstić information content (AvgIpc) is 2.35. The Morgan fingerprint density at radius 3 is 2.71 bits per heavy atom. The SMILES string of the molecule is COc1c(Cl)cc(C2CCCCN2)c(F)c1F. The summed E-state index contributed by atoms with van der Waals surface area (Å²) in [6, 6.07) is 1.28. The molecule has 1 unspecified atom stereocenters. The fourth-order valence-electron chi connectivity index (χ4n) is 2.15. The van der Waals surface area contributed by atoms with Crippen molar-refractivity contribution in [1.29, 1.82) is 0 Å². The van der Waals surface area contributed by atoms with Crippen molar-refractivity contribution in [3.8, 4) is 5.75 Å². The standard InChI is InChI=1S/C12H14ClF2NO/c1-17-12-8(13)6-7(10(14)11(12)15)9-4-2-3-5-16-9/h6,9,16H,2-5H2,1H3. The quantitative estimate of drug-likeness (QED) is 0.824. The van der Waals surface area contributed by atoms with E-state index in [1.54, 1.807) is 0 Å². The van der Waals surface area contributed by atoms with Crippen LogP contribution in [-0.2, 0) is 0 Å². The van der Waals surface area contributed by atoms with Gasteiger partial charge in [0.1, 0.15) is 0 Å². The Morgan fingerprint density at radius 1 is 1.35 bits per heavy atom. The largest absolute Gasteiger partial charge is 0.492 e. The number of piperidine rings is 1. The second-order valence-corrected chi connectivity index (χ2v) is 4.52. The highest BCUT2D eigenvalue weighted by Crippen LogP contribution is 2.35. The van der Waals surface area contributed by atoms with E-state index >= 15 is 0 Å². The van der Waals surface area contributed by atoms with Crippen LogP contribution in [-0.4, -0.2) is 13.7 Å². The minimum Gasteiger partial charge on any atom is -0.492 e. The lowest BCUT2D eigenvalue weighted by Crippen LogP contribution is -2.27. The highest BCUT2D eigenvalue weighted by Gasteiger charge is 2.24. The molecule has 0 bridgehead atoms. The molecule has 0 radical (unpaired) electrons. The Kier molecular flexibility index (Phi) is 3.84. The second kappa shape index (κ2) is 5.19. The third kappa shape index (κ3) is 2.38. The summed E-state index contributed by atoms with van der Waals surface area (Å²) in [6.45, 7) is 0.815. The highest BCUT2D eigenvalue weighted by atomic mass is 35.5. The molecule has 1 saturated heterocycles. The van der Waals surface area contributed by atoms with Crippen molar-refractivity contribution in [3.05, 3.63) is 28.3 Å². The van der Waals surface area contributed by atoms with E-state index in [4.69, 9.17) is 16.3 Å². The van der Waals surface area contributed by atoms with Crippen LogP contribution in [0.2, 0.25) is 5.02 Å². The fraction of sp³-hybridized carbons (Fsp3) is 0.500. The predicted octanol–water partition coefficient (Wildman–Crippen LogP) is 3.44. The number of hydrogen-bond acceptors (Lipinski definition) is 2. The highest BCUT2D eigenvalue weighted by molar-refractivity contribution is 6.32. The molecule has 1 atom stereocenters. The Labute approximate surface area is 104 Å². The molecule has 1 aromatic rings. The molecule has 0 aromatic heterocycles. The molecule has 5 heteroatoms. The van der Waals surface area contributed by atoms with Crippen LogP contribution >= 0.6 is 11.6 Å². The van der Waals surface area contributed by atoms with Crippen LogP contribution in [0.4, 0.5) is 8.78 Å². The Balaban J connectivity index is 2.40. The molecule has 17 heavy (non-hydrogen) atoms. The molecule has 1 N–H and O–H groups in total. The summed E-state index contributed by atoms with van der Waals surface area (Å²) in [6.07, 6.45) is 2.85. The Hall–Kier alpha value is -0.870. The van der Waals surface area contributed by atoms with Crippen molar-refractivity contribution in [3.63, 3.8) is 0 Å².